The number of nitriles is 1. The van der Waals surface area contributed by atoms with Crippen LogP contribution in [0.3, 0.4) is 0 Å². The molecule has 0 aliphatic carbocycles. The van der Waals surface area contributed by atoms with E-state index in [9.17, 15) is 30.1 Å². The van der Waals surface area contributed by atoms with E-state index in [0.717, 1.165) is 0 Å². The number of carbonyl (C=O) groups is 2. The highest BCUT2D eigenvalue weighted by Gasteiger charge is 2.17. The zero-order valence-electron chi connectivity index (χ0n) is 15.5. The number of nitrogens with zero attached hydrogens (tertiary/aromatic N) is 2. The van der Waals surface area contributed by atoms with E-state index in [1.165, 1.54) is 48.5 Å². The Morgan fingerprint density at radius 2 is 1.94 bits per heavy atom. The highest BCUT2D eigenvalue weighted by molar-refractivity contribution is 9.10. The van der Waals surface area contributed by atoms with Crippen LogP contribution in [0.2, 0.25) is 0 Å². The summed E-state index contributed by atoms with van der Waals surface area (Å²) in [6, 6.07) is 14.8. The van der Waals surface area contributed by atoms with Crippen molar-refractivity contribution in [3.63, 3.8) is 0 Å². The predicted octanol–water partition coefficient (Wildman–Crippen LogP) is 4.86. The van der Waals surface area contributed by atoms with Gasteiger partial charge in [-0.3, -0.25) is 14.9 Å². The lowest BCUT2D eigenvalue weighted by atomic mass is 10.1. The molecule has 31 heavy (non-hydrogen) atoms. The van der Waals surface area contributed by atoms with Gasteiger partial charge in [0.05, 0.1) is 16.2 Å². The second-order valence-electron chi connectivity index (χ2n) is 6.10. The number of nitro benzene ring substituents is 1. The van der Waals surface area contributed by atoms with E-state index in [1.807, 2.05) is 0 Å². The number of hydrogen-bond acceptors (Lipinski definition) is 6. The van der Waals surface area contributed by atoms with Gasteiger partial charge in [-0.2, -0.15) is 5.26 Å². The van der Waals surface area contributed by atoms with Gasteiger partial charge < -0.3 is 14.8 Å². The monoisotopic (exact) mass is 481 g/mol. The molecule has 10 heteroatoms. The molecule has 2 N–H and O–H groups in total. The zero-order valence-corrected chi connectivity index (χ0v) is 17.1. The minimum Gasteiger partial charge on any atom is -0.478 e. The summed E-state index contributed by atoms with van der Waals surface area (Å²) in [6.45, 7) is 0. The van der Waals surface area contributed by atoms with E-state index in [2.05, 4.69) is 21.2 Å². The number of para-hydroxylation sites is 1. The third-order valence-corrected chi connectivity index (χ3v) is 4.77. The maximum Gasteiger partial charge on any atom is 0.337 e. The summed E-state index contributed by atoms with van der Waals surface area (Å²) < 4.78 is 6.08. The number of furan rings is 1. The number of nitro groups is 1. The third kappa shape index (κ3) is 4.85. The van der Waals surface area contributed by atoms with E-state index in [4.69, 9.17) is 4.42 Å². The number of hydrogen-bond donors (Lipinski definition) is 2. The molecule has 1 heterocycles. The summed E-state index contributed by atoms with van der Waals surface area (Å²) in [4.78, 5) is 34.1. The van der Waals surface area contributed by atoms with Crippen molar-refractivity contribution in [2.75, 3.05) is 5.32 Å². The van der Waals surface area contributed by atoms with Gasteiger partial charge in [-0.15, -0.1) is 0 Å². The number of nitrogens with one attached hydrogen (secondary N) is 1. The standard InChI is InChI=1S/C21H12BrN3O6/c22-17-10-13(25(29)30)5-7-15(17)19-8-6-14(31-19)9-12(11-23)20(26)24-18-4-2-1-3-16(18)21(27)28/h1-10H,(H,24,26)(H,27,28). The van der Waals surface area contributed by atoms with Gasteiger partial charge in [0.2, 0.25) is 0 Å². The van der Waals surface area contributed by atoms with Gasteiger partial charge in [-0.05, 0) is 46.3 Å². The molecule has 0 radical (unpaired) electrons. The summed E-state index contributed by atoms with van der Waals surface area (Å²) in [5.41, 5.74) is 0.0902. The SMILES string of the molecule is N#CC(=Cc1ccc(-c2ccc([N+](=O)[O-])cc2Br)o1)C(=O)Nc1ccccc1C(=O)O. The van der Waals surface area contributed by atoms with Crippen molar-refractivity contribution in [3.05, 3.63) is 86.1 Å². The fourth-order valence-electron chi connectivity index (χ4n) is 2.65. The van der Waals surface area contributed by atoms with Gasteiger partial charge in [0, 0.05) is 28.2 Å². The van der Waals surface area contributed by atoms with Crippen molar-refractivity contribution >= 4 is 45.3 Å². The number of carbonyl (C=O) groups excluding carboxylic acids is 1. The maximum atomic E-state index is 12.4. The van der Waals surface area contributed by atoms with Gasteiger partial charge in [0.15, 0.2) is 0 Å². The second kappa shape index (κ2) is 9.06. The van der Waals surface area contributed by atoms with Crippen LogP contribution >= 0.6 is 15.9 Å². The average molecular weight is 482 g/mol. The Balaban J connectivity index is 1.85. The minimum absolute atomic E-state index is 0.0519. The first-order valence-corrected chi connectivity index (χ1v) is 9.39. The Morgan fingerprint density at radius 3 is 2.58 bits per heavy atom. The fourth-order valence-corrected chi connectivity index (χ4v) is 3.21. The van der Waals surface area contributed by atoms with Gasteiger partial charge in [-0.25, -0.2) is 4.79 Å². The molecule has 9 nitrogen and oxygen atoms in total. The molecule has 2 aromatic carbocycles. The van der Waals surface area contributed by atoms with Crippen LogP contribution in [-0.4, -0.2) is 21.9 Å². The third-order valence-electron chi connectivity index (χ3n) is 4.11. The number of aromatic carboxylic acids is 1. The summed E-state index contributed by atoms with van der Waals surface area (Å²) in [5.74, 6) is -1.46. The van der Waals surface area contributed by atoms with E-state index < -0.39 is 16.8 Å². The summed E-state index contributed by atoms with van der Waals surface area (Å²) >= 11 is 3.26. The van der Waals surface area contributed by atoms with Crippen molar-refractivity contribution in [2.24, 2.45) is 0 Å². The first kappa shape index (κ1) is 21.5. The number of benzene rings is 2. The molecule has 3 aromatic rings. The molecule has 0 aliphatic heterocycles. The molecular formula is C21H12BrN3O6. The highest BCUT2D eigenvalue weighted by Crippen LogP contribution is 2.33. The summed E-state index contributed by atoms with van der Waals surface area (Å²) in [6.07, 6.45) is 1.21. The molecule has 0 aliphatic rings. The van der Waals surface area contributed by atoms with Crippen LogP contribution in [0.4, 0.5) is 11.4 Å². The van der Waals surface area contributed by atoms with Crippen molar-refractivity contribution in [2.45, 2.75) is 0 Å². The number of carboxylic acids is 1. The summed E-state index contributed by atoms with van der Waals surface area (Å²) in [5, 5.41) is 31.8. The lowest BCUT2D eigenvalue weighted by molar-refractivity contribution is -0.384. The van der Waals surface area contributed by atoms with Crippen LogP contribution < -0.4 is 5.32 Å². The minimum atomic E-state index is -1.22. The molecule has 0 saturated carbocycles. The Labute approximate surface area is 183 Å². The maximum absolute atomic E-state index is 12.4. The van der Waals surface area contributed by atoms with Crippen molar-refractivity contribution in [3.8, 4) is 17.4 Å². The Morgan fingerprint density at radius 1 is 1.19 bits per heavy atom. The molecule has 154 valence electrons. The Bertz CT molecular complexity index is 1270. The van der Waals surface area contributed by atoms with E-state index in [-0.39, 0.29) is 28.3 Å². The van der Waals surface area contributed by atoms with Crippen LogP contribution in [0.25, 0.3) is 17.4 Å². The fraction of sp³-hybridized carbons (Fsp3) is 0. The summed E-state index contributed by atoms with van der Waals surface area (Å²) in [7, 11) is 0. The number of rotatable bonds is 6. The molecule has 0 atom stereocenters. The number of non-ortho nitro benzene ring substituents is 1. The number of carboxylic acid groups (broad SMARTS) is 1. The highest BCUT2D eigenvalue weighted by atomic mass is 79.9. The van der Waals surface area contributed by atoms with Crippen LogP contribution in [0.15, 0.2) is 69.1 Å². The molecule has 0 bridgehead atoms. The first-order valence-electron chi connectivity index (χ1n) is 8.59. The molecular weight excluding hydrogens is 470 g/mol. The van der Waals surface area contributed by atoms with Crippen molar-refractivity contribution in [1.29, 1.82) is 5.26 Å². The Hall–Kier alpha value is -4.23. The molecule has 0 saturated heterocycles. The van der Waals surface area contributed by atoms with Gasteiger partial charge >= 0.3 is 5.97 Å². The molecule has 3 rings (SSSR count). The van der Waals surface area contributed by atoms with Crippen LogP contribution in [0.1, 0.15) is 16.1 Å². The van der Waals surface area contributed by atoms with E-state index in [0.29, 0.717) is 15.8 Å². The number of amides is 1. The molecule has 1 amide bonds. The Kier molecular flexibility index (Phi) is 6.28. The molecule has 0 spiro atoms. The van der Waals surface area contributed by atoms with Crippen LogP contribution in [0, 0.1) is 21.4 Å². The number of halogens is 1. The zero-order chi connectivity index (χ0) is 22.5. The average Bonchev–Trinajstić information content (AvgIpc) is 3.20. The first-order chi connectivity index (χ1) is 14.8. The lowest BCUT2D eigenvalue weighted by Crippen LogP contribution is -2.16. The number of anilines is 1. The normalized spacial score (nSPS) is 10.9. The predicted molar refractivity (Wildman–Crippen MR) is 114 cm³/mol. The second-order valence-corrected chi connectivity index (χ2v) is 6.95. The molecule has 1 aromatic heterocycles. The topological polar surface area (TPSA) is 146 Å². The smallest absolute Gasteiger partial charge is 0.337 e. The van der Waals surface area contributed by atoms with Gasteiger partial charge in [-0.1, -0.05) is 12.1 Å². The quantitative estimate of drug-likeness (QED) is 0.221. The molecule has 0 fully saturated rings. The van der Waals surface area contributed by atoms with Crippen molar-refractivity contribution < 1.29 is 24.0 Å². The van der Waals surface area contributed by atoms with Gasteiger partial charge in [0.1, 0.15) is 23.2 Å². The van der Waals surface area contributed by atoms with Crippen LogP contribution in [0.5, 0.6) is 0 Å². The largest absolute Gasteiger partial charge is 0.478 e. The van der Waals surface area contributed by atoms with E-state index >= 15 is 0 Å². The lowest BCUT2D eigenvalue weighted by Gasteiger charge is -2.07. The van der Waals surface area contributed by atoms with Crippen LogP contribution in [-0.2, 0) is 4.79 Å². The van der Waals surface area contributed by atoms with Crippen molar-refractivity contribution in [1.82, 2.24) is 0 Å². The van der Waals surface area contributed by atoms with E-state index in [1.54, 1.807) is 18.2 Å². The molecule has 0 unspecified atom stereocenters. The van der Waals surface area contributed by atoms with Gasteiger partial charge in [0.25, 0.3) is 11.6 Å².